The summed E-state index contributed by atoms with van der Waals surface area (Å²) in [4.78, 5) is 40.6. The van der Waals surface area contributed by atoms with Crippen molar-refractivity contribution in [3.8, 4) is 0 Å². The summed E-state index contributed by atoms with van der Waals surface area (Å²) in [5, 5.41) is 2.93. The van der Waals surface area contributed by atoms with Gasteiger partial charge in [0.15, 0.2) is 0 Å². The van der Waals surface area contributed by atoms with Crippen molar-refractivity contribution in [3.63, 3.8) is 0 Å². The first kappa shape index (κ1) is 21.4. The van der Waals surface area contributed by atoms with Gasteiger partial charge in [-0.05, 0) is 79.6 Å². The number of nitrogens with zero attached hydrogens (tertiary/aromatic N) is 1. The molecule has 2 aromatic carbocycles. The lowest BCUT2D eigenvalue weighted by atomic mass is 10.1. The Kier molecular flexibility index (Phi) is 6.00. The Balaban J connectivity index is 1.60. The van der Waals surface area contributed by atoms with Crippen molar-refractivity contribution in [1.82, 2.24) is 5.32 Å². The minimum Gasteiger partial charge on any atom is -0.273 e. The van der Waals surface area contributed by atoms with E-state index >= 15 is 0 Å². The number of hydrogen-bond acceptors (Lipinski definition) is 5. The van der Waals surface area contributed by atoms with Gasteiger partial charge in [0.05, 0.1) is 9.90 Å². The van der Waals surface area contributed by atoms with E-state index in [0.29, 0.717) is 10.7 Å². The number of barbiturate groups is 1. The molecule has 1 aliphatic rings. The van der Waals surface area contributed by atoms with Crippen LogP contribution in [0, 0.1) is 13.8 Å². The number of benzene rings is 2. The molecule has 1 aromatic heterocycles. The van der Waals surface area contributed by atoms with Crippen LogP contribution in [0.15, 0.2) is 69.3 Å². The third kappa shape index (κ3) is 4.58. The molecule has 8 heteroatoms. The zero-order chi connectivity index (χ0) is 22.1. The van der Waals surface area contributed by atoms with Crippen molar-refractivity contribution in [3.05, 3.63) is 81.2 Å². The maximum atomic E-state index is 13.0. The number of thiophene rings is 1. The molecule has 0 spiro atoms. The molecule has 4 amide bonds. The van der Waals surface area contributed by atoms with Crippen molar-refractivity contribution in [1.29, 1.82) is 0 Å². The van der Waals surface area contributed by atoms with Gasteiger partial charge in [-0.25, -0.2) is 9.69 Å². The predicted molar refractivity (Wildman–Crippen MR) is 125 cm³/mol. The minimum absolute atomic E-state index is 0.0808. The van der Waals surface area contributed by atoms with Gasteiger partial charge in [0, 0.05) is 14.8 Å². The van der Waals surface area contributed by atoms with Crippen LogP contribution >= 0.6 is 34.7 Å². The number of imide groups is 2. The lowest BCUT2D eigenvalue weighted by Crippen LogP contribution is -2.54. The molecule has 1 N–H and O–H groups in total. The van der Waals surface area contributed by atoms with Crippen LogP contribution in [0.4, 0.5) is 10.5 Å². The first-order valence-corrected chi connectivity index (χ1v) is 11.3. The van der Waals surface area contributed by atoms with Crippen LogP contribution in [-0.2, 0) is 9.59 Å². The number of aryl methyl sites for hydroxylation is 2. The standard InChI is InChI=1S/C23H17ClN2O3S2/c1-13-3-6-16(11-14(13)2)26-22(28)19(21(27)25-23(26)29)12-18-9-10-20(31-18)30-17-7-4-15(24)5-8-17/h3-12H,1-2H3,(H,25,27,29)/b19-12+. The van der Waals surface area contributed by atoms with E-state index in [1.54, 1.807) is 23.9 Å². The van der Waals surface area contributed by atoms with Crippen molar-refractivity contribution in [2.45, 2.75) is 23.0 Å². The minimum atomic E-state index is -0.749. The number of hydrogen-bond donors (Lipinski definition) is 1. The van der Waals surface area contributed by atoms with Gasteiger partial charge >= 0.3 is 6.03 Å². The molecule has 0 saturated carbocycles. The lowest BCUT2D eigenvalue weighted by molar-refractivity contribution is -0.122. The van der Waals surface area contributed by atoms with Crippen LogP contribution in [0.3, 0.4) is 0 Å². The van der Waals surface area contributed by atoms with Gasteiger partial charge in [-0.3, -0.25) is 14.9 Å². The highest BCUT2D eigenvalue weighted by atomic mass is 35.5. The molecule has 0 bridgehead atoms. The van der Waals surface area contributed by atoms with E-state index in [-0.39, 0.29) is 5.57 Å². The molecular formula is C23H17ClN2O3S2. The fourth-order valence-electron chi connectivity index (χ4n) is 2.98. The van der Waals surface area contributed by atoms with E-state index in [4.69, 9.17) is 11.6 Å². The van der Waals surface area contributed by atoms with Crippen LogP contribution in [0.1, 0.15) is 16.0 Å². The second kappa shape index (κ2) is 8.70. The number of rotatable bonds is 4. The number of urea groups is 1. The predicted octanol–water partition coefficient (Wildman–Crippen LogP) is 5.84. The summed E-state index contributed by atoms with van der Waals surface area (Å²) >= 11 is 8.94. The number of nitrogens with one attached hydrogen (secondary N) is 1. The number of anilines is 1. The molecule has 31 heavy (non-hydrogen) atoms. The molecular weight excluding hydrogens is 452 g/mol. The Morgan fingerprint density at radius 2 is 1.71 bits per heavy atom. The van der Waals surface area contributed by atoms with Gasteiger partial charge in [0.1, 0.15) is 5.57 Å². The Bertz CT molecular complexity index is 1230. The van der Waals surface area contributed by atoms with Crippen LogP contribution in [0.2, 0.25) is 5.02 Å². The molecule has 0 radical (unpaired) electrons. The molecule has 1 saturated heterocycles. The Morgan fingerprint density at radius 1 is 0.968 bits per heavy atom. The molecule has 1 aliphatic heterocycles. The van der Waals surface area contributed by atoms with Crippen molar-refractivity contribution in [2.24, 2.45) is 0 Å². The SMILES string of the molecule is Cc1ccc(N2C(=O)NC(=O)/C(=C\c3ccc(Sc4ccc(Cl)cc4)s3)C2=O)cc1C. The molecule has 0 aliphatic carbocycles. The summed E-state index contributed by atoms with van der Waals surface area (Å²) in [7, 11) is 0. The topological polar surface area (TPSA) is 66.5 Å². The van der Waals surface area contributed by atoms with E-state index in [0.717, 1.165) is 30.0 Å². The number of halogens is 1. The Morgan fingerprint density at radius 3 is 2.42 bits per heavy atom. The zero-order valence-corrected chi connectivity index (χ0v) is 19.0. The first-order valence-electron chi connectivity index (χ1n) is 9.34. The molecule has 3 aromatic rings. The lowest BCUT2D eigenvalue weighted by Gasteiger charge is -2.26. The summed E-state index contributed by atoms with van der Waals surface area (Å²) in [5.41, 5.74) is 2.34. The third-order valence-corrected chi connectivity index (χ3v) is 7.20. The molecule has 1 fully saturated rings. The quantitative estimate of drug-likeness (QED) is 0.386. The summed E-state index contributed by atoms with van der Waals surface area (Å²) in [6, 6.07) is 15.8. The summed E-state index contributed by atoms with van der Waals surface area (Å²) in [5.74, 6) is -1.34. The maximum absolute atomic E-state index is 13.0. The van der Waals surface area contributed by atoms with Gasteiger partial charge in [-0.2, -0.15) is 0 Å². The average Bonchev–Trinajstić information content (AvgIpc) is 3.16. The van der Waals surface area contributed by atoms with Gasteiger partial charge < -0.3 is 0 Å². The highest BCUT2D eigenvalue weighted by Gasteiger charge is 2.37. The van der Waals surface area contributed by atoms with Crippen LogP contribution in [0.5, 0.6) is 0 Å². The zero-order valence-electron chi connectivity index (χ0n) is 16.6. The van der Waals surface area contributed by atoms with Crippen molar-refractivity contribution < 1.29 is 14.4 Å². The van der Waals surface area contributed by atoms with E-state index in [1.165, 1.54) is 17.4 Å². The average molecular weight is 469 g/mol. The van der Waals surface area contributed by atoms with E-state index in [2.05, 4.69) is 5.32 Å². The van der Waals surface area contributed by atoms with E-state index < -0.39 is 17.8 Å². The van der Waals surface area contributed by atoms with E-state index in [1.807, 2.05) is 56.3 Å². The van der Waals surface area contributed by atoms with Crippen molar-refractivity contribution in [2.75, 3.05) is 4.90 Å². The van der Waals surface area contributed by atoms with Gasteiger partial charge in [-0.15, -0.1) is 11.3 Å². The molecule has 156 valence electrons. The van der Waals surface area contributed by atoms with Crippen LogP contribution in [-0.4, -0.2) is 17.8 Å². The normalized spacial score (nSPS) is 15.5. The second-order valence-corrected chi connectivity index (χ2v) is 9.86. The molecule has 0 unspecified atom stereocenters. The van der Waals surface area contributed by atoms with E-state index in [9.17, 15) is 14.4 Å². The smallest absolute Gasteiger partial charge is 0.273 e. The summed E-state index contributed by atoms with van der Waals surface area (Å²) in [6.07, 6.45) is 1.52. The highest BCUT2D eigenvalue weighted by molar-refractivity contribution is 8.01. The van der Waals surface area contributed by atoms with Gasteiger partial charge in [-0.1, -0.05) is 29.4 Å². The first-order chi connectivity index (χ1) is 14.8. The Hall–Kier alpha value is -2.87. The second-order valence-electron chi connectivity index (χ2n) is 6.94. The van der Waals surface area contributed by atoms with Crippen LogP contribution in [0.25, 0.3) is 6.08 Å². The van der Waals surface area contributed by atoms with Gasteiger partial charge in [0.2, 0.25) is 0 Å². The number of carbonyl (C=O) groups excluding carboxylic acids is 3. The number of carbonyl (C=O) groups is 3. The molecule has 0 atom stereocenters. The third-order valence-electron chi connectivity index (χ3n) is 4.77. The Labute approximate surface area is 192 Å². The van der Waals surface area contributed by atoms with Gasteiger partial charge in [0.25, 0.3) is 11.8 Å². The van der Waals surface area contributed by atoms with Crippen LogP contribution < -0.4 is 10.2 Å². The largest absolute Gasteiger partial charge is 0.335 e. The molecule has 4 rings (SSSR count). The maximum Gasteiger partial charge on any atom is 0.335 e. The molecule has 5 nitrogen and oxygen atoms in total. The fraction of sp³-hybridized carbons (Fsp3) is 0.0870. The summed E-state index contributed by atoms with van der Waals surface area (Å²) < 4.78 is 1.000. The fourth-order valence-corrected chi connectivity index (χ4v) is 5.18. The monoisotopic (exact) mass is 468 g/mol. The summed E-state index contributed by atoms with van der Waals surface area (Å²) in [6.45, 7) is 3.85. The van der Waals surface area contributed by atoms with Crippen molar-refractivity contribution >= 4 is 64.3 Å². The highest BCUT2D eigenvalue weighted by Crippen LogP contribution is 2.35. The number of amides is 4. The molecule has 2 heterocycles.